The molecule has 3 aromatic rings. The molecule has 0 radical (unpaired) electrons. The molecule has 0 spiro atoms. The van der Waals surface area contributed by atoms with Gasteiger partial charge in [-0.15, -0.1) is 0 Å². The number of carbonyl (C=O) groups is 1. The van der Waals surface area contributed by atoms with Gasteiger partial charge in [-0.05, 0) is 87.4 Å². The van der Waals surface area contributed by atoms with Crippen LogP contribution in [0.25, 0.3) is 0 Å². The van der Waals surface area contributed by atoms with Crippen LogP contribution in [0, 0.1) is 0 Å². The van der Waals surface area contributed by atoms with E-state index in [-0.39, 0.29) is 10.8 Å². The molecule has 4 rings (SSSR count). The first-order chi connectivity index (χ1) is 17.0. The molecule has 35 heavy (non-hydrogen) atoms. The van der Waals surface area contributed by atoms with Gasteiger partial charge in [0.1, 0.15) is 0 Å². The molecule has 184 valence electrons. The van der Waals surface area contributed by atoms with Crippen molar-refractivity contribution in [3.63, 3.8) is 0 Å². The molecule has 1 fully saturated rings. The molecule has 2 heterocycles. The van der Waals surface area contributed by atoms with E-state index in [2.05, 4.69) is 25.2 Å². The smallest absolute Gasteiger partial charge is 0.255 e. The van der Waals surface area contributed by atoms with Gasteiger partial charge in [0.2, 0.25) is 10.0 Å². The van der Waals surface area contributed by atoms with Crippen LogP contribution >= 0.6 is 0 Å². The maximum atomic E-state index is 12.8. The van der Waals surface area contributed by atoms with Crippen molar-refractivity contribution in [2.24, 2.45) is 0 Å². The summed E-state index contributed by atoms with van der Waals surface area (Å²) in [6, 6.07) is 17.1. The zero-order valence-electron chi connectivity index (χ0n) is 19.6. The van der Waals surface area contributed by atoms with Crippen LogP contribution in [0.15, 0.2) is 78.0 Å². The van der Waals surface area contributed by atoms with E-state index in [9.17, 15) is 13.2 Å². The second-order valence-electron chi connectivity index (χ2n) is 8.58. The lowest BCUT2D eigenvalue weighted by Gasteiger charge is -2.26. The molecule has 9 heteroatoms. The number of hydrogen-bond acceptors (Lipinski definition) is 6. The van der Waals surface area contributed by atoms with Gasteiger partial charge in [-0.1, -0.05) is 18.6 Å². The fourth-order valence-corrected chi connectivity index (χ4v) is 5.18. The Morgan fingerprint density at radius 1 is 0.886 bits per heavy atom. The molecule has 1 aromatic heterocycles. The van der Waals surface area contributed by atoms with Gasteiger partial charge in [-0.25, -0.2) is 13.1 Å². The van der Waals surface area contributed by atoms with Crippen LogP contribution in [0.2, 0.25) is 0 Å². The SMILES string of the molecule is O=C(Nc1ccncc1)c1cccc(Nc2cccc(S(=O)(=O)NCCCN3CCCCC3)c2)c1. The predicted octanol–water partition coefficient (Wildman–Crippen LogP) is 4.23. The van der Waals surface area contributed by atoms with Crippen molar-refractivity contribution in [1.82, 2.24) is 14.6 Å². The normalized spacial score (nSPS) is 14.4. The van der Waals surface area contributed by atoms with Crippen molar-refractivity contribution in [2.45, 2.75) is 30.6 Å². The Morgan fingerprint density at radius 3 is 2.37 bits per heavy atom. The third-order valence-corrected chi connectivity index (χ3v) is 7.35. The largest absolute Gasteiger partial charge is 0.355 e. The van der Waals surface area contributed by atoms with Crippen molar-refractivity contribution >= 4 is 33.0 Å². The summed E-state index contributed by atoms with van der Waals surface area (Å²) in [4.78, 5) is 19.1. The standard InChI is InChI=1S/C26H31N5O3S/c32-26(30-22-11-14-27-15-12-22)21-7-4-8-23(19-21)29-24-9-5-10-25(20-24)35(33,34)28-13-6-18-31-16-2-1-3-17-31/h4-5,7-12,14-15,19-20,28-29H,1-3,6,13,16-18H2,(H,27,30,32). The number of hydrogen-bond donors (Lipinski definition) is 3. The first kappa shape index (κ1) is 24.8. The number of benzene rings is 2. The fourth-order valence-electron chi connectivity index (χ4n) is 4.06. The number of amides is 1. The number of sulfonamides is 1. The van der Waals surface area contributed by atoms with Crippen LogP contribution in [-0.2, 0) is 10.0 Å². The van der Waals surface area contributed by atoms with Crippen molar-refractivity contribution in [1.29, 1.82) is 0 Å². The molecular weight excluding hydrogens is 462 g/mol. The quantitative estimate of drug-likeness (QED) is 0.365. The lowest BCUT2D eigenvalue weighted by molar-refractivity contribution is 0.102. The van der Waals surface area contributed by atoms with E-state index in [1.165, 1.54) is 19.3 Å². The highest BCUT2D eigenvalue weighted by atomic mass is 32.2. The predicted molar refractivity (Wildman–Crippen MR) is 138 cm³/mol. The van der Waals surface area contributed by atoms with Gasteiger partial charge in [0.15, 0.2) is 0 Å². The number of nitrogens with one attached hydrogen (secondary N) is 3. The number of nitrogens with zero attached hydrogens (tertiary/aromatic N) is 2. The Bertz CT molecular complexity index is 1230. The molecule has 0 bridgehead atoms. The molecule has 0 saturated carbocycles. The van der Waals surface area contributed by atoms with Gasteiger partial charge in [-0.3, -0.25) is 9.78 Å². The van der Waals surface area contributed by atoms with Crippen LogP contribution in [-0.4, -0.2) is 50.4 Å². The minimum absolute atomic E-state index is 0.201. The molecule has 2 aromatic carbocycles. The van der Waals surface area contributed by atoms with Crippen molar-refractivity contribution in [3.8, 4) is 0 Å². The Hall–Kier alpha value is -3.27. The molecular formula is C26H31N5O3S. The minimum atomic E-state index is -3.61. The van der Waals surface area contributed by atoms with E-state index in [4.69, 9.17) is 0 Å². The highest BCUT2D eigenvalue weighted by Gasteiger charge is 2.15. The van der Waals surface area contributed by atoms with Crippen LogP contribution < -0.4 is 15.4 Å². The summed E-state index contributed by atoms with van der Waals surface area (Å²) in [6.45, 7) is 3.53. The molecule has 1 amide bonds. The third-order valence-electron chi connectivity index (χ3n) is 5.89. The van der Waals surface area contributed by atoms with E-state index >= 15 is 0 Å². The summed E-state index contributed by atoms with van der Waals surface area (Å²) < 4.78 is 28.3. The highest BCUT2D eigenvalue weighted by molar-refractivity contribution is 7.89. The van der Waals surface area contributed by atoms with E-state index in [0.29, 0.717) is 29.2 Å². The van der Waals surface area contributed by atoms with Crippen LogP contribution in [0.4, 0.5) is 17.1 Å². The first-order valence-corrected chi connectivity index (χ1v) is 13.4. The maximum Gasteiger partial charge on any atom is 0.255 e. The summed E-state index contributed by atoms with van der Waals surface area (Å²) in [6.07, 6.45) is 7.74. The molecule has 1 saturated heterocycles. The lowest BCUT2D eigenvalue weighted by Crippen LogP contribution is -2.33. The lowest BCUT2D eigenvalue weighted by atomic mass is 10.1. The summed E-state index contributed by atoms with van der Waals surface area (Å²) in [5, 5.41) is 6.02. The van der Waals surface area contributed by atoms with Gasteiger partial charge >= 0.3 is 0 Å². The Balaban J connectivity index is 1.35. The summed E-state index contributed by atoms with van der Waals surface area (Å²) in [5.74, 6) is -0.245. The summed E-state index contributed by atoms with van der Waals surface area (Å²) in [7, 11) is -3.61. The highest BCUT2D eigenvalue weighted by Crippen LogP contribution is 2.21. The molecule has 1 aliphatic rings. The first-order valence-electron chi connectivity index (χ1n) is 11.9. The fraction of sp³-hybridized carbons (Fsp3) is 0.308. The van der Waals surface area contributed by atoms with Crippen LogP contribution in [0.1, 0.15) is 36.0 Å². The minimum Gasteiger partial charge on any atom is -0.355 e. The number of anilines is 3. The second-order valence-corrected chi connectivity index (χ2v) is 10.3. The summed E-state index contributed by atoms with van der Waals surface area (Å²) in [5.41, 5.74) is 2.43. The van der Waals surface area contributed by atoms with Crippen molar-refractivity contribution in [3.05, 3.63) is 78.6 Å². The number of piperidine rings is 1. The molecule has 8 nitrogen and oxygen atoms in total. The number of aromatic nitrogens is 1. The monoisotopic (exact) mass is 493 g/mol. The van der Waals surface area contributed by atoms with Gasteiger partial charge in [0.25, 0.3) is 5.91 Å². The number of rotatable bonds is 10. The molecule has 0 aliphatic carbocycles. The van der Waals surface area contributed by atoms with Gasteiger partial charge in [0.05, 0.1) is 4.90 Å². The average molecular weight is 494 g/mol. The number of likely N-dealkylation sites (tertiary alicyclic amines) is 1. The number of carbonyl (C=O) groups excluding carboxylic acids is 1. The van der Waals surface area contributed by atoms with Crippen molar-refractivity contribution < 1.29 is 13.2 Å². The van der Waals surface area contributed by atoms with Gasteiger partial charge < -0.3 is 15.5 Å². The maximum absolute atomic E-state index is 12.8. The average Bonchev–Trinajstić information content (AvgIpc) is 2.88. The Labute approximate surface area is 206 Å². The van der Waals surface area contributed by atoms with E-state index in [0.717, 1.165) is 26.1 Å². The Morgan fingerprint density at radius 2 is 1.60 bits per heavy atom. The van der Waals surface area contributed by atoms with Crippen molar-refractivity contribution in [2.75, 3.05) is 36.8 Å². The Kier molecular flexibility index (Phi) is 8.46. The second kappa shape index (κ2) is 11.9. The zero-order valence-corrected chi connectivity index (χ0v) is 20.4. The molecule has 0 unspecified atom stereocenters. The van der Waals surface area contributed by atoms with Gasteiger partial charge in [0, 0.05) is 41.6 Å². The summed E-state index contributed by atoms with van der Waals surface area (Å²) >= 11 is 0. The van der Waals surface area contributed by atoms with Crippen LogP contribution in [0.3, 0.4) is 0 Å². The molecule has 0 atom stereocenters. The van der Waals surface area contributed by atoms with E-state index in [1.54, 1.807) is 67.0 Å². The zero-order chi connectivity index (χ0) is 24.5. The van der Waals surface area contributed by atoms with E-state index in [1.807, 2.05) is 6.07 Å². The number of pyridine rings is 1. The molecule has 3 N–H and O–H groups in total. The third kappa shape index (κ3) is 7.35. The van der Waals surface area contributed by atoms with Gasteiger partial charge in [-0.2, -0.15) is 0 Å². The van der Waals surface area contributed by atoms with Crippen LogP contribution in [0.5, 0.6) is 0 Å². The van der Waals surface area contributed by atoms with E-state index < -0.39 is 10.0 Å². The topological polar surface area (TPSA) is 103 Å². The molecule has 1 aliphatic heterocycles.